The van der Waals surface area contributed by atoms with E-state index in [1.165, 1.54) is 31.4 Å². The molecule has 2 aromatic rings. The predicted molar refractivity (Wildman–Crippen MR) is 105 cm³/mol. The van der Waals surface area contributed by atoms with Gasteiger partial charge in [-0.1, -0.05) is 0 Å². The highest BCUT2D eigenvalue weighted by Crippen LogP contribution is 2.29. The highest BCUT2D eigenvalue weighted by molar-refractivity contribution is 7.89. The Kier molecular flexibility index (Phi) is 8.00. The maximum absolute atomic E-state index is 12.5. The Morgan fingerprint density at radius 3 is 2.10 bits per heavy atom. The number of alkyl halides is 3. The lowest BCUT2D eigenvalue weighted by Gasteiger charge is -2.10. The molecule has 0 unspecified atom stereocenters. The van der Waals surface area contributed by atoms with Crippen LogP contribution in [0.25, 0.3) is 0 Å². The number of sulfonamides is 1. The molecule has 0 fully saturated rings. The summed E-state index contributed by atoms with van der Waals surface area (Å²) in [5, 5.41) is 4.68. The van der Waals surface area contributed by atoms with Crippen molar-refractivity contribution in [3.63, 3.8) is 0 Å². The molecule has 0 radical (unpaired) electrons. The molecule has 8 nitrogen and oxygen atoms in total. The van der Waals surface area contributed by atoms with E-state index in [1.54, 1.807) is 0 Å². The van der Waals surface area contributed by atoms with Crippen molar-refractivity contribution in [2.45, 2.75) is 11.1 Å². The van der Waals surface area contributed by atoms with Crippen molar-refractivity contribution in [1.29, 1.82) is 0 Å². The maximum Gasteiger partial charge on any atom is 0.416 e. The fourth-order valence-electron chi connectivity index (χ4n) is 2.36. The molecule has 0 aliphatic heterocycles. The van der Waals surface area contributed by atoms with E-state index >= 15 is 0 Å². The summed E-state index contributed by atoms with van der Waals surface area (Å²) in [6.07, 6.45) is -4.51. The van der Waals surface area contributed by atoms with E-state index in [1.807, 2.05) is 0 Å². The van der Waals surface area contributed by atoms with E-state index in [-0.39, 0.29) is 23.5 Å². The van der Waals surface area contributed by atoms with Gasteiger partial charge >= 0.3 is 6.18 Å². The van der Waals surface area contributed by atoms with Gasteiger partial charge in [-0.15, -0.1) is 0 Å². The van der Waals surface area contributed by atoms with Crippen molar-refractivity contribution in [3.05, 3.63) is 59.7 Å². The number of benzene rings is 2. The van der Waals surface area contributed by atoms with Crippen LogP contribution >= 0.6 is 0 Å². The first-order valence-electron chi connectivity index (χ1n) is 8.89. The van der Waals surface area contributed by atoms with Crippen LogP contribution in [0, 0.1) is 0 Å². The molecule has 0 aliphatic rings. The zero-order valence-corrected chi connectivity index (χ0v) is 17.1. The molecule has 2 amide bonds. The smallest absolute Gasteiger partial charge is 0.416 e. The summed E-state index contributed by atoms with van der Waals surface area (Å²) in [4.78, 5) is 23.7. The van der Waals surface area contributed by atoms with Gasteiger partial charge in [0, 0.05) is 18.7 Å². The summed E-state index contributed by atoms with van der Waals surface area (Å²) < 4.78 is 69.1. The minimum atomic E-state index is -4.51. The minimum Gasteiger partial charge on any atom is -0.497 e. The van der Waals surface area contributed by atoms with Gasteiger partial charge in [0.25, 0.3) is 5.91 Å². The third-order valence-corrected chi connectivity index (χ3v) is 5.47. The normalized spacial score (nSPS) is 11.6. The van der Waals surface area contributed by atoms with Crippen molar-refractivity contribution in [2.24, 2.45) is 0 Å². The van der Waals surface area contributed by atoms with Crippen molar-refractivity contribution in [2.75, 3.05) is 26.7 Å². The SMILES string of the molecule is COc1ccc(S(=O)(=O)NCCNC(=O)CNC(=O)c2ccc(C(F)(F)F)cc2)cc1. The monoisotopic (exact) mass is 459 g/mol. The molecule has 0 atom stereocenters. The van der Waals surface area contributed by atoms with Gasteiger partial charge in [0.05, 0.1) is 24.1 Å². The van der Waals surface area contributed by atoms with Crippen LogP contribution < -0.4 is 20.1 Å². The average molecular weight is 459 g/mol. The van der Waals surface area contributed by atoms with Crippen LogP contribution in [0.15, 0.2) is 53.4 Å². The lowest BCUT2D eigenvalue weighted by Crippen LogP contribution is -2.40. The third kappa shape index (κ3) is 7.26. The number of halogens is 3. The lowest BCUT2D eigenvalue weighted by molar-refractivity contribution is -0.137. The summed E-state index contributed by atoms with van der Waals surface area (Å²) in [6, 6.07) is 9.28. The highest BCUT2D eigenvalue weighted by Gasteiger charge is 2.30. The van der Waals surface area contributed by atoms with Gasteiger partial charge < -0.3 is 15.4 Å². The third-order valence-electron chi connectivity index (χ3n) is 3.99. The largest absolute Gasteiger partial charge is 0.497 e. The zero-order chi connectivity index (χ0) is 23.1. The molecule has 31 heavy (non-hydrogen) atoms. The molecule has 0 bridgehead atoms. The van der Waals surface area contributed by atoms with E-state index in [4.69, 9.17) is 4.74 Å². The Morgan fingerprint density at radius 2 is 1.55 bits per heavy atom. The maximum atomic E-state index is 12.5. The van der Waals surface area contributed by atoms with Gasteiger partial charge in [-0.25, -0.2) is 13.1 Å². The molecule has 2 rings (SSSR count). The summed E-state index contributed by atoms with van der Waals surface area (Å²) >= 11 is 0. The van der Waals surface area contributed by atoms with Gasteiger partial charge in [-0.3, -0.25) is 9.59 Å². The van der Waals surface area contributed by atoms with Crippen LogP contribution in [0.1, 0.15) is 15.9 Å². The van der Waals surface area contributed by atoms with Crippen molar-refractivity contribution in [1.82, 2.24) is 15.4 Å². The topological polar surface area (TPSA) is 114 Å². The number of ether oxygens (including phenoxy) is 1. The number of amides is 2. The first-order chi connectivity index (χ1) is 14.5. The van der Waals surface area contributed by atoms with Crippen molar-refractivity contribution >= 4 is 21.8 Å². The Bertz CT molecular complexity index is 1010. The fraction of sp³-hybridized carbons (Fsp3) is 0.263. The number of carbonyl (C=O) groups excluding carboxylic acids is 2. The van der Waals surface area contributed by atoms with E-state index < -0.39 is 40.1 Å². The van der Waals surface area contributed by atoms with Crippen LogP contribution in [-0.4, -0.2) is 47.0 Å². The second kappa shape index (κ2) is 10.3. The molecule has 168 valence electrons. The molecule has 0 aromatic heterocycles. The molecular formula is C19H20F3N3O5S. The average Bonchev–Trinajstić information content (AvgIpc) is 2.74. The van der Waals surface area contributed by atoms with Crippen LogP contribution in [0.3, 0.4) is 0 Å². The molecule has 0 spiro atoms. The second-order valence-electron chi connectivity index (χ2n) is 6.18. The van der Waals surface area contributed by atoms with E-state index in [0.717, 1.165) is 24.3 Å². The number of rotatable bonds is 9. The Labute approximate surface area is 176 Å². The lowest BCUT2D eigenvalue weighted by atomic mass is 10.1. The molecule has 12 heteroatoms. The Hall–Kier alpha value is -3.12. The molecule has 0 aliphatic carbocycles. The van der Waals surface area contributed by atoms with Gasteiger partial charge in [0.1, 0.15) is 5.75 Å². The van der Waals surface area contributed by atoms with Crippen LogP contribution in [0.2, 0.25) is 0 Å². The first kappa shape index (κ1) is 24.2. The fourth-order valence-corrected chi connectivity index (χ4v) is 3.39. The molecule has 3 N–H and O–H groups in total. The van der Waals surface area contributed by atoms with Crippen molar-refractivity contribution < 1.29 is 35.9 Å². The zero-order valence-electron chi connectivity index (χ0n) is 16.3. The van der Waals surface area contributed by atoms with Crippen molar-refractivity contribution in [3.8, 4) is 5.75 Å². The highest BCUT2D eigenvalue weighted by atomic mass is 32.2. The van der Waals surface area contributed by atoms with Crippen LogP contribution in [0.5, 0.6) is 5.75 Å². The summed E-state index contributed by atoms with van der Waals surface area (Å²) in [5.41, 5.74) is -0.924. The standard InChI is InChI=1S/C19H20F3N3O5S/c1-30-15-6-8-16(9-7-15)31(28,29)25-11-10-23-17(26)12-24-18(27)13-2-4-14(5-3-13)19(20,21)22/h2-9,25H,10-12H2,1H3,(H,23,26)(H,24,27). The molecule has 0 saturated heterocycles. The van der Waals surface area contributed by atoms with Gasteiger partial charge in [0.15, 0.2) is 0 Å². The quantitative estimate of drug-likeness (QED) is 0.493. The number of hydrogen-bond acceptors (Lipinski definition) is 5. The van der Waals surface area contributed by atoms with Gasteiger partial charge in [0.2, 0.25) is 15.9 Å². The number of carbonyl (C=O) groups is 2. The van der Waals surface area contributed by atoms with E-state index in [9.17, 15) is 31.2 Å². The van der Waals surface area contributed by atoms with E-state index in [0.29, 0.717) is 5.75 Å². The van der Waals surface area contributed by atoms with Gasteiger partial charge in [-0.05, 0) is 48.5 Å². The summed E-state index contributed by atoms with van der Waals surface area (Å²) in [5.74, 6) is -0.808. The van der Waals surface area contributed by atoms with Gasteiger partial charge in [-0.2, -0.15) is 13.2 Å². The number of hydrogen-bond donors (Lipinski definition) is 3. The Balaban J connectivity index is 1.73. The summed E-state index contributed by atoms with van der Waals surface area (Å²) in [7, 11) is -2.31. The summed E-state index contributed by atoms with van der Waals surface area (Å²) in [6.45, 7) is -0.553. The first-order valence-corrected chi connectivity index (χ1v) is 10.4. The van der Waals surface area contributed by atoms with Crippen LogP contribution in [-0.2, 0) is 21.0 Å². The van der Waals surface area contributed by atoms with Crippen LogP contribution in [0.4, 0.5) is 13.2 Å². The minimum absolute atomic E-state index is 0.0310. The van der Waals surface area contributed by atoms with E-state index in [2.05, 4.69) is 15.4 Å². The second-order valence-corrected chi connectivity index (χ2v) is 7.95. The molecule has 0 saturated carbocycles. The number of nitrogens with one attached hydrogen (secondary N) is 3. The molecular weight excluding hydrogens is 439 g/mol. The Morgan fingerprint density at radius 1 is 0.935 bits per heavy atom. The number of methoxy groups -OCH3 is 1. The molecule has 0 heterocycles. The molecule has 2 aromatic carbocycles. The predicted octanol–water partition coefficient (Wildman–Crippen LogP) is 1.54.